The summed E-state index contributed by atoms with van der Waals surface area (Å²) in [5.74, 6) is 2.02. The Morgan fingerprint density at radius 2 is 2.00 bits per heavy atom. The molecule has 2 atom stereocenters. The summed E-state index contributed by atoms with van der Waals surface area (Å²) < 4.78 is 1.92. The van der Waals surface area contributed by atoms with Gasteiger partial charge in [0.15, 0.2) is 0 Å². The monoisotopic (exact) mass is 283 g/mol. The van der Waals surface area contributed by atoms with Gasteiger partial charge in [-0.3, -0.25) is 0 Å². The molecule has 110 valence electrons. The van der Waals surface area contributed by atoms with Crippen molar-refractivity contribution in [3.8, 4) is 0 Å². The molecule has 2 aromatic heterocycles. The zero-order chi connectivity index (χ0) is 14.0. The van der Waals surface area contributed by atoms with Gasteiger partial charge in [0, 0.05) is 18.4 Å². The van der Waals surface area contributed by atoms with Crippen LogP contribution in [0.25, 0.3) is 5.52 Å². The molecule has 4 bridgehead atoms. The largest absolute Gasteiger partial charge is 0.390 e. The van der Waals surface area contributed by atoms with E-state index < -0.39 is 0 Å². The van der Waals surface area contributed by atoms with Gasteiger partial charge in [0.1, 0.15) is 0 Å². The summed E-state index contributed by atoms with van der Waals surface area (Å²) in [7, 11) is 0. The lowest BCUT2D eigenvalue weighted by atomic mass is 9.52. The van der Waals surface area contributed by atoms with E-state index >= 15 is 0 Å². The molecule has 4 saturated carbocycles. The van der Waals surface area contributed by atoms with Crippen molar-refractivity contribution in [3.05, 3.63) is 30.6 Å². The average Bonchev–Trinajstić information content (AvgIpc) is 2.90. The Bertz CT molecular complexity index is 678. The first-order valence-corrected chi connectivity index (χ1v) is 8.11. The SMILES string of the molecule is OC12CC3CC(C1)C(Nc1ccnn4cccc14)C(C3)C2. The third kappa shape index (κ3) is 1.75. The highest BCUT2D eigenvalue weighted by Crippen LogP contribution is 2.56. The summed E-state index contributed by atoms with van der Waals surface area (Å²) >= 11 is 0. The van der Waals surface area contributed by atoms with Gasteiger partial charge in [0.2, 0.25) is 0 Å². The Balaban J connectivity index is 1.48. The van der Waals surface area contributed by atoms with Crippen molar-refractivity contribution in [2.75, 3.05) is 5.32 Å². The minimum absolute atomic E-state index is 0.350. The van der Waals surface area contributed by atoms with E-state index in [9.17, 15) is 5.11 Å². The molecular formula is C17H21N3O. The van der Waals surface area contributed by atoms with E-state index in [1.54, 1.807) is 0 Å². The van der Waals surface area contributed by atoms with Crippen LogP contribution in [0.2, 0.25) is 0 Å². The first-order valence-electron chi connectivity index (χ1n) is 8.11. The fourth-order valence-corrected chi connectivity index (χ4v) is 5.47. The second-order valence-corrected chi connectivity index (χ2v) is 7.45. The molecule has 0 aliphatic heterocycles. The van der Waals surface area contributed by atoms with E-state index in [2.05, 4.69) is 22.5 Å². The minimum atomic E-state index is -0.350. The van der Waals surface area contributed by atoms with E-state index in [4.69, 9.17) is 0 Å². The molecule has 21 heavy (non-hydrogen) atoms. The fourth-order valence-electron chi connectivity index (χ4n) is 5.47. The van der Waals surface area contributed by atoms with Crippen molar-refractivity contribution >= 4 is 11.2 Å². The molecule has 0 radical (unpaired) electrons. The van der Waals surface area contributed by atoms with Crippen LogP contribution in [0, 0.1) is 17.8 Å². The van der Waals surface area contributed by atoms with Gasteiger partial charge in [-0.2, -0.15) is 5.10 Å². The van der Waals surface area contributed by atoms with Gasteiger partial charge in [-0.15, -0.1) is 0 Å². The van der Waals surface area contributed by atoms with E-state index in [0.717, 1.165) is 30.7 Å². The van der Waals surface area contributed by atoms with Crippen molar-refractivity contribution < 1.29 is 5.11 Å². The maximum absolute atomic E-state index is 10.7. The molecule has 0 spiro atoms. The maximum Gasteiger partial charge on any atom is 0.0878 e. The van der Waals surface area contributed by atoms with Crippen LogP contribution in [0.5, 0.6) is 0 Å². The Hall–Kier alpha value is -1.55. The van der Waals surface area contributed by atoms with Gasteiger partial charge in [0.05, 0.1) is 16.8 Å². The Kier molecular flexibility index (Phi) is 2.30. The van der Waals surface area contributed by atoms with Gasteiger partial charge in [-0.05, 0) is 68.1 Å². The summed E-state index contributed by atoms with van der Waals surface area (Å²) in [4.78, 5) is 0. The van der Waals surface area contributed by atoms with Crippen molar-refractivity contribution in [2.24, 2.45) is 17.8 Å². The predicted molar refractivity (Wildman–Crippen MR) is 81.1 cm³/mol. The van der Waals surface area contributed by atoms with Crippen molar-refractivity contribution in [1.29, 1.82) is 0 Å². The number of nitrogens with one attached hydrogen (secondary N) is 1. The lowest BCUT2D eigenvalue weighted by Crippen LogP contribution is -2.58. The summed E-state index contributed by atoms with van der Waals surface area (Å²) in [6.45, 7) is 0. The lowest BCUT2D eigenvalue weighted by molar-refractivity contribution is -0.129. The van der Waals surface area contributed by atoms with E-state index in [1.165, 1.54) is 18.5 Å². The van der Waals surface area contributed by atoms with Crippen LogP contribution in [0.15, 0.2) is 30.6 Å². The molecule has 4 nitrogen and oxygen atoms in total. The van der Waals surface area contributed by atoms with Gasteiger partial charge in [-0.1, -0.05) is 0 Å². The lowest BCUT2D eigenvalue weighted by Gasteiger charge is -2.58. The minimum Gasteiger partial charge on any atom is -0.390 e. The molecule has 4 fully saturated rings. The number of rotatable bonds is 2. The van der Waals surface area contributed by atoms with Crippen molar-refractivity contribution in [3.63, 3.8) is 0 Å². The predicted octanol–water partition coefficient (Wildman–Crippen LogP) is 2.69. The van der Waals surface area contributed by atoms with E-state index in [1.807, 2.05) is 23.0 Å². The van der Waals surface area contributed by atoms with E-state index in [0.29, 0.717) is 17.9 Å². The number of hydrogen-bond donors (Lipinski definition) is 2. The summed E-state index contributed by atoms with van der Waals surface area (Å²) in [6, 6.07) is 6.74. The first-order chi connectivity index (χ1) is 10.2. The molecule has 4 aliphatic carbocycles. The highest BCUT2D eigenvalue weighted by atomic mass is 16.3. The zero-order valence-corrected chi connectivity index (χ0v) is 12.1. The van der Waals surface area contributed by atoms with Gasteiger partial charge >= 0.3 is 0 Å². The van der Waals surface area contributed by atoms with Crippen LogP contribution in [-0.4, -0.2) is 26.4 Å². The van der Waals surface area contributed by atoms with Crippen molar-refractivity contribution in [2.45, 2.75) is 43.7 Å². The molecular weight excluding hydrogens is 262 g/mol. The first kappa shape index (κ1) is 12.0. The molecule has 4 heteroatoms. The van der Waals surface area contributed by atoms with E-state index in [-0.39, 0.29) is 5.60 Å². The molecule has 6 rings (SSSR count). The van der Waals surface area contributed by atoms with Crippen LogP contribution < -0.4 is 5.32 Å². The number of nitrogens with zero attached hydrogens (tertiary/aromatic N) is 2. The molecule has 2 aromatic rings. The van der Waals surface area contributed by atoms with Crippen LogP contribution >= 0.6 is 0 Å². The molecule has 0 amide bonds. The highest BCUT2D eigenvalue weighted by molar-refractivity contribution is 5.71. The summed E-state index contributed by atoms with van der Waals surface area (Å²) in [5.41, 5.74) is 1.97. The smallest absolute Gasteiger partial charge is 0.0878 e. The standard InChI is InChI=1S/C17H21N3O/c21-17-8-11-6-12(9-17)16(13(7-11)10-17)19-14-3-4-18-20-5-1-2-15(14)20/h1-5,11-13,16,19,21H,6-10H2. The molecule has 0 aromatic carbocycles. The Morgan fingerprint density at radius 3 is 2.76 bits per heavy atom. The highest BCUT2D eigenvalue weighted by Gasteiger charge is 2.54. The molecule has 4 aliphatic rings. The van der Waals surface area contributed by atoms with Gasteiger partial charge < -0.3 is 10.4 Å². The average molecular weight is 283 g/mol. The zero-order valence-electron chi connectivity index (χ0n) is 12.1. The normalized spacial score (nSPS) is 40.8. The third-order valence-electron chi connectivity index (χ3n) is 6.00. The molecule has 2 heterocycles. The number of anilines is 1. The van der Waals surface area contributed by atoms with Crippen LogP contribution in [-0.2, 0) is 0 Å². The number of fused-ring (bicyclic) bond motifs is 1. The van der Waals surface area contributed by atoms with Crippen LogP contribution in [0.1, 0.15) is 32.1 Å². The molecule has 2 unspecified atom stereocenters. The summed E-state index contributed by atoms with van der Waals surface area (Å²) in [5, 5.41) is 18.8. The van der Waals surface area contributed by atoms with Gasteiger partial charge in [0.25, 0.3) is 0 Å². The number of aliphatic hydroxyl groups is 1. The number of hydrogen-bond acceptors (Lipinski definition) is 3. The Labute approximate surface area is 124 Å². The third-order valence-corrected chi connectivity index (χ3v) is 6.00. The maximum atomic E-state index is 10.7. The summed E-state index contributed by atoms with van der Waals surface area (Å²) in [6.07, 6.45) is 9.45. The second-order valence-electron chi connectivity index (χ2n) is 7.45. The van der Waals surface area contributed by atoms with Crippen LogP contribution in [0.4, 0.5) is 5.69 Å². The van der Waals surface area contributed by atoms with Gasteiger partial charge in [-0.25, -0.2) is 4.52 Å². The second kappa shape index (κ2) is 4.01. The van der Waals surface area contributed by atoms with Crippen molar-refractivity contribution in [1.82, 2.24) is 9.61 Å². The quantitative estimate of drug-likeness (QED) is 0.891. The topological polar surface area (TPSA) is 49.6 Å². The molecule has 0 saturated heterocycles. The Morgan fingerprint density at radius 1 is 1.19 bits per heavy atom. The molecule has 2 N–H and O–H groups in total. The van der Waals surface area contributed by atoms with Crippen LogP contribution in [0.3, 0.4) is 0 Å². The number of aromatic nitrogens is 2. The fraction of sp³-hybridized carbons (Fsp3) is 0.588.